The highest BCUT2D eigenvalue weighted by Crippen LogP contribution is 2.30. The SMILES string of the molecule is CC(C)(C)c1cc(C=CC(=O)c2ccc3ccccc3c2)cc(C(C)(C)C)c1. The first-order chi connectivity index (χ1) is 13.0. The van der Waals surface area contributed by atoms with Crippen LogP contribution in [0.1, 0.15) is 68.6 Å². The Kier molecular flexibility index (Phi) is 5.30. The maximum absolute atomic E-state index is 12.7. The van der Waals surface area contributed by atoms with Crippen LogP contribution in [0.3, 0.4) is 0 Å². The van der Waals surface area contributed by atoms with E-state index < -0.39 is 0 Å². The van der Waals surface area contributed by atoms with Crippen LogP contribution in [0, 0.1) is 0 Å². The van der Waals surface area contributed by atoms with Crippen LogP contribution in [0.15, 0.2) is 66.7 Å². The first-order valence-corrected chi connectivity index (χ1v) is 9.91. The van der Waals surface area contributed by atoms with Gasteiger partial charge in [0, 0.05) is 5.56 Å². The van der Waals surface area contributed by atoms with E-state index in [1.165, 1.54) is 11.1 Å². The molecular formula is C27H30O. The van der Waals surface area contributed by atoms with E-state index in [4.69, 9.17) is 0 Å². The van der Waals surface area contributed by atoms with Gasteiger partial charge in [-0.3, -0.25) is 4.79 Å². The molecule has 0 saturated carbocycles. The minimum absolute atomic E-state index is 0.0317. The molecule has 0 fully saturated rings. The molecule has 0 bridgehead atoms. The van der Waals surface area contributed by atoms with Crippen molar-refractivity contribution in [3.63, 3.8) is 0 Å². The number of hydrogen-bond acceptors (Lipinski definition) is 1. The molecule has 0 aliphatic carbocycles. The molecule has 0 saturated heterocycles. The van der Waals surface area contributed by atoms with Crippen LogP contribution < -0.4 is 0 Å². The molecule has 0 unspecified atom stereocenters. The molecule has 0 aromatic heterocycles. The summed E-state index contributed by atoms with van der Waals surface area (Å²) in [4.78, 5) is 12.7. The second-order valence-electron chi connectivity index (χ2n) is 9.60. The van der Waals surface area contributed by atoms with E-state index in [-0.39, 0.29) is 16.6 Å². The fraction of sp³-hybridized carbons (Fsp3) is 0.296. The van der Waals surface area contributed by atoms with Gasteiger partial charge in [-0.05, 0) is 50.4 Å². The van der Waals surface area contributed by atoms with Crippen molar-refractivity contribution in [2.24, 2.45) is 0 Å². The summed E-state index contributed by atoms with van der Waals surface area (Å²) in [5.74, 6) is 0.0317. The number of carbonyl (C=O) groups is 1. The van der Waals surface area contributed by atoms with Crippen molar-refractivity contribution >= 4 is 22.6 Å². The third-order valence-electron chi connectivity index (χ3n) is 5.15. The number of ketones is 1. The standard InChI is InChI=1S/C27H30O/c1-26(2,3)23-15-19(16-24(18-23)27(4,5)6)11-14-25(28)22-13-12-20-9-7-8-10-21(20)17-22/h7-18H,1-6H3. The van der Waals surface area contributed by atoms with Gasteiger partial charge in [0.25, 0.3) is 0 Å². The number of benzene rings is 3. The lowest BCUT2D eigenvalue weighted by Gasteiger charge is -2.25. The van der Waals surface area contributed by atoms with Gasteiger partial charge in [0.2, 0.25) is 0 Å². The van der Waals surface area contributed by atoms with E-state index in [1.54, 1.807) is 6.08 Å². The van der Waals surface area contributed by atoms with Crippen LogP contribution in [0.25, 0.3) is 16.8 Å². The average molecular weight is 371 g/mol. The fourth-order valence-corrected chi connectivity index (χ4v) is 3.22. The van der Waals surface area contributed by atoms with E-state index in [1.807, 2.05) is 42.5 Å². The average Bonchev–Trinajstić information content (AvgIpc) is 2.64. The zero-order valence-electron chi connectivity index (χ0n) is 17.8. The van der Waals surface area contributed by atoms with Crippen molar-refractivity contribution < 1.29 is 4.79 Å². The molecule has 28 heavy (non-hydrogen) atoms. The predicted octanol–water partition coefficient (Wildman–Crippen LogP) is 7.33. The van der Waals surface area contributed by atoms with Gasteiger partial charge in [-0.25, -0.2) is 0 Å². The molecule has 0 heterocycles. The van der Waals surface area contributed by atoms with Crippen molar-refractivity contribution in [3.05, 3.63) is 89.0 Å². The topological polar surface area (TPSA) is 17.1 Å². The highest BCUT2D eigenvalue weighted by Gasteiger charge is 2.20. The Morgan fingerprint density at radius 2 is 1.29 bits per heavy atom. The molecule has 3 rings (SSSR count). The summed E-state index contributed by atoms with van der Waals surface area (Å²) in [5.41, 5.74) is 4.50. The first-order valence-electron chi connectivity index (χ1n) is 9.91. The van der Waals surface area contributed by atoms with E-state index in [9.17, 15) is 4.79 Å². The molecular weight excluding hydrogens is 340 g/mol. The van der Waals surface area contributed by atoms with E-state index in [0.717, 1.165) is 21.9 Å². The van der Waals surface area contributed by atoms with E-state index >= 15 is 0 Å². The first kappa shape index (κ1) is 20.1. The Bertz CT molecular complexity index is 1010. The van der Waals surface area contributed by atoms with Crippen molar-refractivity contribution in [1.82, 2.24) is 0 Å². The zero-order valence-corrected chi connectivity index (χ0v) is 17.8. The molecule has 0 radical (unpaired) electrons. The number of allylic oxidation sites excluding steroid dienone is 1. The molecule has 0 atom stereocenters. The van der Waals surface area contributed by atoms with Gasteiger partial charge in [0.1, 0.15) is 0 Å². The molecule has 144 valence electrons. The number of hydrogen-bond donors (Lipinski definition) is 0. The van der Waals surface area contributed by atoms with Gasteiger partial charge in [0.15, 0.2) is 5.78 Å². The molecule has 3 aromatic rings. The highest BCUT2D eigenvalue weighted by molar-refractivity contribution is 6.08. The van der Waals surface area contributed by atoms with Crippen molar-refractivity contribution in [2.75, 3.05) is 0 Å². The van der Waals surface area contributed by atoms with Gasteiger partial charge >= 0.3 is 0 Å². The second-order valence-corrected chi connectivity index (χ2v) is 9.60. The fourth-order valence-electron chi connectivity index (χ4n) is 3.22. The quantitative estimate of drug-likeness (QED) is 0.348. The van der Waals surface area contributed by atoms with Crippen LogP contribution >= 0.6 is 0 Å². The Balaban J connectivity index is 1.94. The summed E-state index contributed by atoms with van der Waals surface area (Å²) < 4.78 is 0. The summed E-state index contributed by atoms with van der Waals surface area (Å²) in [5, 5.41) is 2.24. The molecule has 0 amide bonds. The third-order valence-corrected chi connectivity index (χ3v) is 5.15. The lowest BCUT2D eigenvalue weighted by atomic mass is 9.79. The van der Waals surface area contributed by atoms with Crippen LogP contribution in [0.2, 0.25) is 0 Å². The van der Waals surface area contributed by atoms with E-state index in [2.05, 4.69) is 65.8 Å². The Morgan fingerprint density at radius 1 is 0.714 bits per heavy atom. The molecule has 1 heteroatoms. The largest absolute Gasteiger partial charge is 0.289 e. The smallest absolute Gasteiger partial charge is 0.185 e. The van der Waals surface area contributed by atoms with Gasteiger partial charge in [-0.1, -0.05) is 102 Å². The number of fused-ring (bicyclic) bond motifs is 1. The van der Waals surface area contributed by atoms with Gasteiger partial charge < -0.3 is 0 Å². The van der Waals surface area contributed by atoms with E-state index in [0.29, 0.717) is 0 Å². The Hall–Kier alpha value is -2.67. The van der Waals surface area contributed by atoms with Crippen LogP contribution in [0.5, 0.6) is 0 Å². The minimum Gasteiger partial charge on any atom is -0.289 e. The van der Waals surface area contributed by atoms with Crippen molar-refractivity contribution in [1.29, 1.82) is 0 Å². The highest BCUT2D eigenvalue weighted by atomic mass is 16.1. The predicted molar refractivity (Wildman–Crippen MR) is 121 cm³/mol. The molecule has 1 nitrogen and oxygen atoms in total. The van der Waals surface area contributed by atoms with Crippen molar-refractivity contribution in [3.8, 4) is 0 Å². The summed E-state index contributed by atoms with van der Waals surface area (Å²) in [7, 11) is 0. The Morgan fingerprint density at radius 3 is 1.86 bits per heavy atom. The maximum atomic E-state index is 12.7. The lowest BCUT2D eigenvalue weighted by Crippen LogP contribution is -2.16. The lowest BCUT2D eigenvalue weighted by molar-refractivity contribution is 0.104. The van der Waals surface area contributed by atoms with Crippen LogP contribution in [0.4, 0.5) is 0 Å². The Labute approximate surface area is 169 Å². The maximum Gasteiger partial charge on any atom is 0.185 e. The number of carbonyl (C=O) groups excluding carboxylic acids is 1. The van der Waals surface area contributed by atoms with Crippen molar-refractivity contribution in [2.45, 2.75) is 52.4 Å². The van der Waals surface area contributed by atoms with Gasteiger partial charge in [-0.2, -0.15) is 0 Å². The second kappa shape index (κ2) is 7.39. The van der Waals surface area contributed by atoms with Crippen LogP contribution in [-0.2, 0) is 10.8 Å². The third kappa shape index (κ3) is 4.59. The molecule has 3 aromatic carbocycles. The van der Waals surface area contributed by atoms with Gasteiger partial charge in [0.05, 0.1) is 0 Å². The molecule has 0 N–H and O–H groups in total. The van der Waals surface area contributed by atoms with Gasteiger partial charge in [-0.15, -0.1) is 0 Å². The minimum atomic E-state index is 0.0317. The molecule has 0 spiro atoms. The summed E-state index contributed by atoms with van der Waals surface area (Å²) in [6.45, 7) is 13.3. The summed E-state index contributed by atoms with van der Waals surface area (Å²) in [6.07, 6.45) is 3.64. The zero-order chi connectivity index (χ0) is 20.5. The normalized spacial score (nSPS) is 12.6. The molecule has 0 aliphatic rings. The summed E-state index contributed by atoms with van der Waals surface area (Å²) >= 11 is 0. The monoisotopic (exact) mass is 370 g/mol. The van der Waals surface area contributed by atoms with Crippen LogP contribution in [-0.4, -0.2) is 5.78 Å². The number of rotatable bonds is 3. The summed E-state index contributed by atoms with van der Waals surface area (Å²) in [6, 6.07) is 20.7. The molecule has 0 aliphatic heterocycles.